The Hall–Kier alpha value is -2.73. The van der Waals surface area contributed by atoms with E-state index in [9.17, 15) is 18.8 Å². The number of esters is 1. The molecule has 0 radical (unpaired) electrons. The van der Waals surface area contributed by atoms with Gasteiger partial charge in [-0.05, 0) is 23.8 Å². The zero-order valence-corrected chi connectivity index (χ0v) is 14.5. The summed E-state index contributed by atoms with van der Waals surface area (Å²) in [6, 6.07) is 11.0. The molecule has 5 nitrogen and oxygen atoms in total. The summed E-state index contributed by atoms with van der Waals surface area (Å²) < 4.78 is 18.7. The van der Waals surface area contributed by atoms with E-state index >= 15 is 0 Å². The number of hydrogen-bond acceptors (Lipinski definition) is 4. The number of nitrogens with zero attached hydrogens (tertiary/aromatic N) is 1. The predicted octanol–water partition coefficient (Wildman–Crippen LogP) is 3.14. The topological polar surface area (TPSA) is 63.7 Å². The number of hydrogen-bond donors (Lipinski definition) is 0. The summed E-state index contributed by atoms with van der Waals surface area (Å²) in [4.78, 5) is 37.5. The first-order chi connectivity index (χ1) is 12.5. The fourth-order valence-corrected chi connectivity index (χ4v) is 2.94. The molecule has 0 spiro atoms. The van der Waals surface area contributed by atoms with Gasteiger partial charge in [-0.15, -0.1) is 0 Å². The number of ether oxygens (including phenoxy) is 1. The smallest absolute Gasteiger partial charge is 0.307 e. The van der Waals surface area contributed by atoms with E-state index < -0.39 is 17.7 Å². The molecule has 0 fully saturated rings. The predicted molar refractivity (Wildman–Crippen MR) is 92.0 cm³/mol. The highest BCUT2D eigenvalue weighted by atomic mass is 35.5. The molecule has 26 heavy (non-hydrogen) atoms. The number of imide groups is 1. The Morgan fingerprint density at radius 1 is 1.15 bits per heavy atom. The summed E-state index contributed by atoms with van der Waals surface area (Å²) in [6.45, 7) is -0.398. The van der Waals surface area contributed by atoms with Crippen LogP contribution in [0.3, 0.4) is 0 Å². The minimum atomic E-state index is -0.649. The summed E-state index contributed by atoms with van der Waals surface area (Å²) in [5.41, 5.74) is 1.22. The van der Waals surface area contributed by atoms with E-state index in [-0.39, 0.29) is 42.5 Å². The van der Waals surface area contributed by atoms with Gasteiger partial charge in [0.15, 0.2) is 0 Å². The van der Waals surface area contributed by atoms with Gasteiger partial charge in [-0.1, -0.05) is 35.9 Å². The summed E-state index contributed by atoms with van der Waals surface area (Å²) >= 11 is 5.87. The van der Waals surface area contributed by atoms with Gasteiger partial charge in [-0.3, -0.25) is 19.3 Å². The molecule has 0 unspecified atom stereocenters. The number of amides is 2. The number of fused-ring (bicyclic) bond motifs is 1. The van der Waals surface area contributed by atoms with Crippen molar-refractivity contribution in [2.75, 3.05) is 6.54 Å². The van der Waals surface area contributed by atoms with Gasteiger partial charge in [-0.25, -0.2) is 4.39 Å². The van der Waals surface area contributed by atoms with Gasteiger partial charge in [0.2, 0.25) is 5.91 Å². The second kappa shape index (κ2) is 7.66. The molecule has 3 rings (SSSR count). The Morgan fingerprint density at radius 2 is 1.92 bits per heavy atom. The molecule has 0 N–H and O–H groups in total. The van der Waals surface area contributed by atoms with Crippen LogP contribution < -0.4 is 0 Å². The number of carbonyl (C=O) groups is 3. The highest BCUT2D eigenvalue weighted by Gasteiger charge is 2.30. The molecule has 0 saturated carbocycles. The third kappa shape index (κ3) is 3.75. The number of halogens is 2. The van der Waals surface area contributed by atoms with Crippen LogP contribution in [0.25, 0.3) is 0 Å². The van der Waals surface area contributed by atoms with E-state index in [1.165, 1.54) is 18.2 Å². The van der Waals surface area contributed by atoms with Crippen LogP contribution in [0.5, 0.6) is 0 Å². The van der Waals surface area contributed by atoms with Crippen molar-refractivity contribution in [2.24, 2.45) is 0 Å². The maximum atomic E-state index is 13.6. The average molecular weight is 376 g/mol. The zero-order chi connectivity index (χ0) is 18.7. The second-order valence-electron chi connectivity index (χ2n) is 5.80. The van der Waals surface area contributed by atoms with Gasteiger partial charge < -0.3 is 4.74 Å². The summed E-state index contributed by atoms with van der Waals surface area (Å²) in [6.07, 6.45) is -0.0620. The zero-order valence-electron chi connectivity index (χ0n) is 13.7. The first kappa shape index (κ1) is 18.1. The summed E-state index contributed by atoms with van der Waals surface area (Å²) in [5.74, 6) is -2.01. The van der Waals surface area contributed by atoms with Crippen LogP contribution in [0.1, 0.15) is 27.9 Å². The van der Waals surface area contributed by atoms with E-state index in [0.29, 0.717) is 11.1 Å². The maximum absolute atomic E-state index is 13.6. The molecular weight excluding hydrogens is 361 g/mol. The molecule has 134 valence electrons. The molecule has 0 atom stereocenters. The number of benzene rings is 2. The quantitative estimate of drug-likeness (QED) is 0.595. The SMILES string of the molecule is O=C(CCN1C(=O)Cc2ccccc2C1=O)OCc1c(F)cccc1Cl. The van der Waals surface area contributed by atoms with Crippen molar-refractivity contribution in [3.63, 3.8) is 0 Å². The lowest BCUT2D eigenvalue weighted by Crippen LogP contribution is -2.43. The van der Waals surface area contributed by atoms with Crippen molar-refractivity contribution in [1.82, 2.24) is 4.90 Å². The van der Waals surface area contributed by atoms with Gasteiger partial charge in [0.1, 0.15) is 12.4 Å². The maximum Gasteiger partial charge on any atom is 0.307 e. The van der Waals surface area contributed by atoms with Crippen LogP contribution >= 0.6 is 11.6 Å². The minimum Gasteiger partial charge on any atom is -0.461 e. The van der Waals surface area contributed by atoms with Crippen LogP contribution in [-0.4, -0.2) is 29.2 Å². The van der Waals surface area contributed by atoms with Gasteiger partial charge >= 0.3 is 5.97 Å². The number of rotatable bonds is 5. The Labute approximate surface area is 154 Å². The Morgan fingerprint density at radius 3 is 2.69 bits per heavy atom. The summed E-state index contributed by atoms with van der Waals surface area (Å²) in [5, 5.41) is 0.163. The molecule has 2 amide bonds. The Kier molecular flexibility index (Phi) is 5.32. The van der Waals surface area contributed by atoms with E-state index in [4.69, 9.17) is 16.3 Å². The fraction of sp³-hybridized carbons (Fsp3) is 0.211. The van der Waals surface area contributed by atoms with Gasteiger partial charge in [0, 0.05) is 17.7 Å². The normalized spacial score (nSPS) is 13.5. The van der Waals surface area contributed by atoms with Crippen molar-refractivity contribution in [3.8, 4) is 0 Å². The highest BCUT2D eigenvalue weighted by molar-refractivity contribution is 6.31. The second-order valence-corrected chi connectivity index (χ2v) is 6.20. The van der Waals surface area contributed by atoms with Gasteiger partial charge in [0.05, 0.1) is 17.9 Å². The molecule has 0 aliphatic carbocycles. The molecule has 0 bridgehead atoms. The Bertz CT molecular complexity index is 863. The molecular formula is C19H15ClFNO4. The number of carbonyl (C=O) groups excluding carboxylic acids is 3. The van der Waals surface area contributed by atoms with Crippen molar-refractivity contribution in [3.05, 3.63) is 70.0 Å². The minimum absolute atomic E-state index is 0.0848. The van der Waals surface area contributed by atoms with E-state index in [1.54, 1.807) is 24.3 Å². The first-order valence-electron chi connectivity index (χ1n) is 7.98. The molecule has 2 aromatic rings. The molecule has 0 saturated heterocycles. The van der Waals surface area contributed by atoms with Crippen LogP contribution in [0.4, 0.5) is 4.39 Å². The van der Waals surface area contributed by atoms with Crippen LogP contribution in [0.2, 0.25) is 5.02 Å². The lowest BCUT2D eigenvalue weighted by atomic mass is 9.98. The lowest BCUT2D eigenvalue weighted by molar-refractivity contribution is -0.145. The van der Waals surface area contributed by atoms with Crippen molar-refractivity contribution in [1.29, 1.82) is 0 Å². The monoisotopic (exact) mass is 375 g/mol. The third-order valence-corrected chi connectivity index (χ3v) is 4.47. The van der Waals surface area contributed by atoms with Crippen LogP contribution in [-0.2, 0) is 27.4 Å². The molecule has 1 aliphatic heterocycles. The molecule has 1 heterocycles. The molecule has 1 aliphatic rings. The largest absolute Gasteiger partial charge is 0.461 e. The fourth-order valence-electron chi connectivity index (χ4n) is 2.72. The van der Waals surface area contributed by atoms with Crippen LogP contribution in [0.15, 0.2) is 42.5 Å². The highest BCUT2D eigenvalue weighted by Crippen LogP contribution is 2.21. The van der Waals surface area contributed by atoms with Crippen LogP contribution in [0, 0.1) is 5.82 Å². The average Bonchev–Trinajstić information content (AvgIpc) is 2.61. The Balaban J connectivity index is 1.58. The van der Waals surface area contributed by atoms with E-state index in [2.05, 4.69) is 0 Å². The summed E-state index contributed by atoms with van der Waals surface area (Å²) in [7, 11) is 0. The van der Waals surface area contributed by atoms with Crippen molar-refractivity contribution < 1.29 is 23.5 Å². The molecule has 2 aromatic carbocycles. The molecule has 7 heteroatoms. The third-order valence-electron chi connectivity index (χ3n) is 4.11. The van der Waals surface area contributed by atoms with Crippen molar-refractivity contribution in [2.45, 2.75) is 19.4 Å². The van der Waals surface area contributed by atoms with E-state index in [1.807, 2.05) is 0 Å². The standard InChI is InChI=1S/C19H15ClFNO4/c20-15-6-3-7-16(21)14(15)11-26-18(24)8-9-22-17(23)10-12-4-1-2-5-13(12)19(22)25/h1-7H,8-11H2. The van der Waals surface area contributed by atoms with Gasteiger partial charge in [0.25, 0.3) is 5.91 Å². The lowest BCUT2D eigenvalue weighted by Gasteiger charge is -2.26. The van der Waals surface area contributed by atoms with Crippen molar-refractivity contribution >= 4 is 29.4 Å². The first-order valence-corrected chi connectivity index (χ1v) is 8.36. The molecule has 0 aromatic heterocycles. The van der Waals surface area contributed by atoms with E-state index in [0.717, 1.165) is 4.90 Å². The van der Waals surface area contributed by atoms with Gasteiger partial charge in [-0.2, -0.15) is 0 Å².